The van der Waals surface area contributed by atoms with Gasteiger partial charge in [0.1, 0.15) is 12.4 Å². The van der Waals surface area contributed by atoms with Gasteiger partial charge in [-0.3, -0.25) is 10.1 Å². The number of non-ortho nitro benzene ring substituents is 1. The van der Waals surface area contributed by atoms with Crippen LogP contribution >= 0.6 is 15.9 Å². The fraction of sp³-hybridized carbons (Fsp3) is 0.200. The number of hydrogen-bond donors (Lipinski definition) is 1. The van der Waals surface area contributed by atoms with Gasteiger partial charge in [0, 0.05) is 28.7 Å². The Morgan fingerprint density at radius 2 is 1.95 bits per heavy atom. The summed E-state index contributed by atoms with van der Waals surface area (Å²) in [6, 6.07) is 12.5. The standard InChI is InChI=1S/C15H15BrN2O3/c1-17-9-12-8-14(18(19)20)6-7-15(12)21-10-11-2-4-13(16)5-3-11/h2-8,17H,9-10H2,1H3. The van der Waals surface area contributed by atoms with Crippen LogP contribution < -0.4 is 10.1 Å². The summed E-state index contributed by atoms with van der Waals surface area (Å²) in [4.78, 5) is 10.4. The number of hydrogen-bond acceptors (Lipinski definition) is 4. The van der Waals surface area contributed by atoms with Crippen LogP contribution in [0.15, 0.2) is 46.9 Å². The third kappa shape index (κ3) is 4.27. The Labute approximate surface area is 131 Å². The first kappa shape index (κ1) is 15.5. The summed E-state index contributed by atoms with van der Waals surface area (Å²) in [7, 11) is 1.79. The summed E-state index contributed by atoms with van der Waals surface area (Å²) in [5.74, 6) is 0.651. The molecule has 0 saturated carbocycles. The molecule has 21 heavy (non-hydrogen) atoms. The Morgan fingerprint density at radius 1 is 1.24 bits per heavy atom. The second-order valence-corrected chi connectivity index (χ2v) is 5.41. The highest BCUT2D eigenvalue weighted by molar-refractivity contribution is 9.10. The predicted octanol–water partition coefficient (Wildman–Crippen LogP) is 3.66. The van der Waals surface area contributed by atoms with Gasteiger partial charge in [-0.05, 0) is 30.8 Å². The highest BCUT2D eigenvalue weighted by atomic mass is 79.9. The van der Waals surface area contributed by atoms with Crippen molar-refractivity contribution in [1.29, 1.82) is 0 Å². The van der Waals surface area contributed by atoms with Crippen LogP contribution in [0.4, 0.5) is 5.69 Å². The molecule has 5 nitrogen and oxygen atoms in total. The van der Waals surface area contributed by atoms with Crippen molar-refractivity contribution in [3.8, 4) is 5.75 Å². The smallest absolute Gasteiger partial charge is 0.270 e. The molecule has 0 fully saturated rings. The van der Waals surface area contributed by atoms with Crippen LogP contribution in [-0.4, -0.2) is 12.0 Å². The third-order valence-corrected chi connectivity index (χ3v) is 3.46. The average Bonchev–Trinajstić information content (AvgIpc) is 2.47. The first-order valence-electron chi connectivity index (χ1n) is 6.39. The van der Waals surface area contributed by atoms with Crippen molar-refractivity contribution in [3.63, 3.8) is 0 Å². The summed E-state index contributed by atoms with van der Waals surface area (Å²) in [6.45, 7) is 0.930. The summed E-state index contributed by atoms with van der Waals surface area (Å²) < 4.78 is 6.78. The molecule has 0 aliphatic rings. The molecule has 2 aromatic carbocycles. The van der Waals surface area contributed by atoms with Gasteiger partial charge in [0.15, 0.2) is 0 Å². The van der Waals surface area contributed by atoms with E-state index in [9.17, 15) is 10.1 Å². The number of nitro groups is 1. The number of benzene rings is 2. The normalized spacial score (nSPS) is 10.4. The van der Waals surface area contributed by atoms with Crippen LogP contribution in [0, 0.1) is 10.1 Å². The maximum absolute atomic E-state index is 10.8. The van der Waals surface area contributed by atoms with E-state index < -0.39 is 4.92 Å². The maximum Gasteiger partial charge on any atom is 0.270 e. The first-order chi connectivity index (χ1) is 10.1. The van der Waals surface area contributed by atoms with Crippen molar-refractivity contribution < 1.29 is 9.66 Å². The molecule has 0 spiro atoms. The van der Waals surface area contributed by atoms with E-state index in [4.69, 9.17) is 4.74 Å². The van der Waals surface area contributed by atoms with Crippen LogP contribution in [0.2, 0.25) is 0 Å². The molecule has 2 aromatic rings. The second kappa shape index (κ2) is 7.19. The molecule has 0 amide bonds. The van der Waals surface area contributed by atoms with E-state index in [1.54, 1.807) is 13.1 Å². The predicted molar refractivity (Wildman–Crippen MR) is 84.3 cm³/mol. The Bertz CT molecular complexity index is 629. The van der Waals surface area contributed by atoms with Crippen molar-refractivity contribution in [2.75, 3.05) is 7.05 Å². The molecular weight excluding hydrogens is 336 g/mol. The van der Waals surface area contributed by atoms with Crippen molar-refractivity contribution in [2.24, 2.45) is 0 Å². The fourth-order valence-corrected chi connectivity index (χ4v) is 2.15. The Hall–Kier alpha value is -1.92. The lowest BCUT2D eigenvalue weighted by molar-refractivity contribution is -0.384. The zero-order valence-corrected chi connectivity index (χ0v) is 13.1. The van der Waals surface area contributed by atoms with Crippen molar-refractivity contribution in [1.82, 2.24) is 5.32 Å². The first-order valence-corrected chi connectivity index (χ1v) is 7.18. The zero-order chi connectivity index (χ0) is 15.2. The molecule has 0 unspecified atom stereocenters. The molecule has 0 heterocycles. The van der Waals surface area contributed by atoms with E-state index in [1.165, 1.54) is 12.1 Å². The van der Waals surface area contributed by atoms with Gasteiger partial charge in [-0.25, -0.2) is 0 Å². The van der Waals surface area contributed by atoms with Crippen LogP contribution in [0.5, 0.6) is 5.75 Å². The van der Waals surface area contributed by atoms with E-state index in [1.807, 2.05) is 24.3 Å². The zero-order valence-electron chi connectivity index (χ0n) is 11.5. The molecule has 110 valence electrons. The summed E-state index contributed by atoms with van der Waals surface area (Å²) >= 11 is 3.38. The third-order valence-electron chi connectivity index (χ3n) is 2.93. The van der Waals surface area contributed by atoms with Crippen LogP contribution in [0.25, 0.3) is 0 Å². The van der Waals surface area contributed by atoms with Crippen molar-refractivity contribution in [2.45, 2.75) is 13.2 Å². The van der Waals surface area contributed by atoms with Crippen LogP contribution in [-0.2, 0) is 13.2 Å². The number of nitrogens with zero attached hydrogens (tertiary/aromatic N) is 1. The number of nitro benzene ring substituents is 1. The van der Waals surface area contributed by atoms with Crippen molar-refractivity contribution in [3.05, 3.63) is 68.2 Å². The molecule has 0 aliphatic carbocycles. The van der Waals surface area contributed by atoms with Crippen molar-refractivity contribution >= 4 is 21.6 Å². The monoisotopic (exact) mass is 350 g/mol. The number of ether oxygens (including phenoxy) is 1. The van der Waals surface area contributed by atoms with E-state index in [2.05, 4.69) is 21.2 Å². The average molecular weight is 351 g/mol. The van der Waals surface area contributed by atoms with E-state index in [0.29, 0.717) is 18.9 Å². The quantitative estimate of drug-likeness (QED) is 0.637. The molecular formula is C15H15BrN2O3. The summed E-state index contributed by atoms with van der Waals surface area (Å²) in [5.41, 5.74) is 1.87. The number of nitrogens with one attached hydrogen (secondary N) is 1. The largest absolute Gasteiger partial charge is 0.489 e. The molecule has 0 aromatic heterocycles. The lowest BCUT2D eigenvalue weighted by atomic mass is 10.1. The fourth-order valence-electron chi connectivity index (χ4n) is 1.89. The molecule has 0 bridgehead atoms. The topological polar surface area (TPSA) is 64.4 Å². The van der Waals surface area contributed by atoms with Crippen LogP contribution in [0.3, 0.4) is 0 Å². The van der Waals surface area contributed by atoms with Gasteiger partial charge in [0.05, 0.1) is 4.92 Å². The van der Waals surface area contributed by atoms with Gasteiger partial charge >= 0.3 is 0 Å². The molecule has 0 radical (unpaired) electrons. The Kier molecular flexibility index (Phi) is 5.30. The minimum Gasteiger partial charge on any atom is -0.489 e. The summed E-state index contributed by atoms with van der Waals surface area (Å²) in [5, 5.41) is 13.8. The molecule has 2 rings (SSSR count). The molecule has 1 N–H and O–H groups in total. The summed E-state index contributed by atoms with van der Waals surface area (Å²) in [6.07, 6.45) is 0. The van der Waals surface area contributed by atoms with Gasteiger partial charge in [-0.2, -0.15) is 0 Å². The lowest BCUT2D eigenvalue weighted by Gasteiger charge is -2.11. The molecule has 0 aliphatic heterocycles. The van der Waals surface area contributed by atoms with Gasteiger partial charge in [-0.15, -0.1) is 0 Å². The lowest BCUT2D eigenvalue weighted by Crippen LogP contribution is -2.08. The Morgan fingerprint density at radius 3 is 2.57 bits per heavy atom. The van der Waals surface area contributed by atoms with E-state index >= 15 is 0 Å². The molecule has 0 saturated heterocycles. The van der Waals surface area contributed by atoms with Gasteiger partial charge < -0.3 is 10.1 Å². The van der Waals surface area contributed by atoms with E-state index in [-0.39, 0.29) is 5.69 Å². The molecule has 0 atom stereocenters. The number of halogens is 1. The van der Waals surface area contributed by atoms with Gasteiger partial charge in [-0.1, -0.05) is 28.1 Å². The van der Waals surface area contributed by atoms with E-state index in [0.717, 1.165) is 15.6 Å². The SMILES string of the molecule is CNCc1cc([N+](=O)[O-])ccc1OCc1ccc(Br)cc1. The number of rotatable bonds is 6. The highest BCUT2D eigenvalue weighted by Gasteiger charge is 2.11. The maximum atomic E-state index is 10.8. The minimum absolute atomic E-state index is 0.0660. The van der Waals surface area contributed by atoms with Gasteiger partial charge in [0.25, 0.3) is 5.69 Å². The Balaban J connectivity index is 2.14. The second-order valence-electron chi connectivity index (χ2n) is 4.49. The minimum atomic E-state index is -0.405. The van der Waals surface area contributed by atoms with Crippen LogP contribution in [0.1, 0.15) is 11.1 Å². The highest BCUT2D eigenvalue weighted by Crippen LogP contribution is 2.25. The molecule has 6 heteroatoms. The van der Waals surface area contributed by atoms with Gasteiger partial charge in [0.2, 0.25) is 0 Å².